The van der Waals surface area contributed by atoms with Gasteiger partial charge in [-0.3, -0.25) is 0 Å². The standard InChI is InChI=1S/C12H22N4O2S/c1-3-11-13-8-12(15-11)19(17,18)14-7-10-5-4-6-16(2)9-10/h8,10,14H,3-7,9H2,1-2H3,(H,13,15). The van der Waals surface area contributed by atoms with E-state index in [-0.39, 0.29) is 5.03 Å². The van der Waals surface area contributed by atoms with Gasteiger partial charge in [0.05, 0.1) is 6.20 Å². The first-order valence-electron chi connectivity index (χ1n) is 6.73. The van der Waals surface area contributed by atoms with Gasteiger partial charge < -0.3 is 9.88 Å². The van der Waals surface area contributed by atoms with E-state index in [2.05, 4.69) is 26.6 Å². The maximum atomic E-state index is 12.1. The number of nitrogens with zero attached hydrogens (tertiary/aromatic N) is 2. The van der Waals surface area contributed by atoms with Gasteiger partial charge in [0.25, 0.3) is 10.0 Å². The van der Waals surface area contributed by atoms with Crippen molar-refractivity contribution in [1.82, 2.24) is 19.6 Å². The molecule has 1 saturated heterocycles. The van der Waals surface area contributed by atoms with Crippen LogP contribution in [0.25, 0.3) is 0 Å². The predicted octanol–water partition coefficient (Wildman–Crippen LogP) is 0.592. The molecule has 0 radical (unpaired) electrons. The van der Waals surface area contributed by atoms with E-state index in [1.165, 1.54) is 6.20 Å². The number of rotatable bonds is 5. The molecule has 0 amide bonds. The minimum absolute atomic E-state index is 0.161. The molecular formula is C12H22N4O2S. The Bertz CT molecular complexity index is 512. The second-order valence-corrected chi connectivity index (χ2v) is 6.91. The summed E-state index contributed by atoms with van der Waals surface area (Å²) in [7, 11) is -1.38. The first-order chi connectivity index (χ1) is 9.01. The summed E-state index contributed by atoms with van der Waals surface area (Å²) in [5, 5.41) is 0.161. The lowest BCUT2D eigenvalue weighted by molar-refractivity contribution is 0.211. The Hall–Kier alpha value is -0.920. The van der Waals surface area contributed by atoms with Crippen LogP contribution in [0.5, 0.6) is 0 Å². The van der Waals surface area contributed by atoms with E-state index in [0.29, 0.717) is 24.7 Å². The van der Waals surface area contributed by atoms with Crippen LogP contribution in [0.1, 0.15) is 25.6 Å². The van der Waals surface area contributed by atoms with Gasteiger partial charge in [-0.15, -0.1) is 0 Å². The van der Waals surface area contributed by atoms with Crippen LogP contribution in [0.2, 0.25) is 0 Å². The van der Waals surface area contributed by atoms with Crippen molar-refractivity contribution in [2.24, 2.45) is 5.92 Å². The lowest BCUT2D eigenvalue weighted by atomic mass is 9.99. The molecule has 2 rings (SSSR count). The van der Waals surface area contributed by atoms with Crippen LogP contribution in [0.3, 0.4) is 0 Å². The van der Waals surface area contributed by atoms with Crippen LogP contribution in [0.4, 0.5) is 0 Å². The normalized spacial score (nSPS) is 21.7. The Morgan fingerprint density at radius 3 is 3.00 bits per heavy atom. The zero-order valence-corrected chi connectivity index (χ0v) is 12.3. The molecule has 0 bridgehead atoms. The van der Waals surface area contributed by atoms with Gasteiger partial charge in [-0.2, -0.15) is 0 Å². The number of piperidine rings is 1. The number of hydrogen-bond donors (Lipinski definition) is 2. The van der Waals surface area contributed by atoms with Crippen LogP contribution >= 0.6 is 0 Å². The summed E-state index contributed by atoms with van der Waals surface area (Å²) in [6.07, 6.45) is 4.29. The summed E-state index contributed by atoms with van der Waals surface area (Å²) in [6, 6.07) is 0. The molecule has 1 aliphatic heterocycles. The Kier molecular flexibility index (Phi) is 4.59. The van der Waals surface area contributed by atoms with E-state index >= 15 is 0 Å². The fourth-order valence-electron chi connectivity index (χ4n) is 2.40. The summed E-state index contributed by atoms with van der Waals surface area (Å²) < 4.78 is 26.9. The monoisotopic (exact) mass is 286 g/mol. The number of nitrogens with one attached hydrogen (secondary N) is 2. The SMILES string of the molecule is CCc1ncc(S(=O)(=O)NCC2CCCN(C)C2)[nH]1. The molecule has 0 spiro atoms. The van der Waals surface area contributed by atoms with Crippen molar-refractivity contribution < 1.29 is 8.42 Å². The van der Waals surface area contributed by atoms with E-state index in [9.17, 15) is 8.42 Å². The highest BCUT2D eigenvalue weighted by atomic mass is 32.2. The highest BCUT2D eigenvalue weighted by molar-refractivity contribution is 7.89. The quantitative estimate of drug-likeness (QED) is 0.830. The van der Waals surface area contributed by atoms with Crippen molar-refractivity contribution in [3.05, 3.63) is 12.0 Å². The van der Waals surface area contributed by atoms with Crippen LogP contribution in [-0.2, 0) is 16.4 Å². The highest BCUT2D eigenvalue weighted by Gasteiger charge is 2.21. The topological polar surface area (TPSA) is 78.1 Å². The third kappa shape index (κ3) is 3.77. The van der Waals surface area contributed by atoms with E-state index in [1.54, 1.807) is 0 Å². The molecule has 1 aromatic rings. The van der Waals surface area contributed by atoms with E-state index in [0.717, 1.165) is 25.9 Å². The summed E-state index contributed by atoms with van der Waals surface area (Å²) in [6.45, 7) is 4.48. The average molecular weight is 286 g/mol. The number of hydrogen-bond acceptors (Lipinski definition) is 4. The number of H-pyrrole nitrogens is 1. The van der Waals surface area contributed by atoms with Gasteiger partial charge in [0.1, 0.15) is 5.82 Å². The molecule has 7 heteroatoms. The zero-order chi connectivity index (χ0) is 13.9. The molecule has 0 aliphatic carbocycles. The number of sulfonamides is 1. The molecule has 1 fully saturated rings. The van der Waals surface area contributed by atoms with E-state index < -0.39 is 10.0 Å². The first kappa shape index (κ1) is 14.5. The largest absolute Gasteiger partial charge is 0.332 e. The molecule has 6 nitrogen and oxygen atoms in total. The van der Waals surface area contributed by atoms with E-state index in [1.807, 2.05) is 6.92 Å². The maximum absolute atomic E-state index is 12.1. The smallest absolute Gasteiger partial charge is 0.257 e. The number of likely N-dealkylation sites (tertiary alicyclic amines) is 1. The summed E-state index contributed by atoms with van der Waals surface area (Å²) in [5.41, 5.74) is 0. The highest BCUT2D eigenvalue weighted by Crippen LogP contribution is 2.15. The third-order valence-electron chi connectivity index (χ3n) is 3.51. The lowest BCUT2D eigenvalue weighted by Crippen LogP contribution is -2.39. The van der Waals surface area contributed by atoms with Crippen LogP contribution in [-0.4, -0.2) is 50.0 Å². The molecular weight excluding hydrogens is 264 g/mol. The Balaban J connectivity index is 1.93. The molecule has 0 aromatic carbocycles. The second kappa shape index (κ2) is 6.02. The van der Waals surface area contributed by atoms with Gasteiger partial charge in [-0.05, 0) is 32.4 Å². The summed E-state index contributed by atoms with van der Waals surface area (Å²) in [4.78, 5) is 9.10. The molecule has 2 N–H and O–H groups in total. The second-order valence-electron chi connectivity index (χ2n) is 5.17. The molecule has 2 heterocycles. The lowest BCUT2D eigenvalue weighted by Gasteiger charge is -2.29. The first-order valence-corrected chi connectivity index (χ1v) is 8.21. The van der Waals surface area contributed by atoms with Crippen molar-refractivity contribution in [3.63, 3.8) is 0 Å². The van der Waals surface area contributed by atoms with E-state index in [4.69, 9.17) is 0 Å². The molecule has 1 unspecified atom stereocenters. The van der Waals surface area contributed by atoms with Crippen LogP contribution in [0, 0.1) is 5.92 Å². The van der Waals surface area contributed by atoms with Crippen LogP contribution in [0.15, 0.2) is 11.2 Å². The van der Waals surface area contributed by atoms with Gasteiger partial charge in [0, 0.05) is 19.5 Å². The Morgan fingerprint density at radius 1 is 1.58 bits per heavy atom. The molecule has 19 heavy (non-hydrogen) atoms. The van der Waals surface area contributed by atoms with Gasteiger partial charge in [-0.1, -0.05) is 6.92 Å². The van der Waals surface area contributed by atoms with Gasteiger partial charge in [0.15, 0.2) is 5.03 Å². The number of imidazole rings is 1. The molecule has 1 atom stereocenters. The van der Waals surface area contributed by atoms with Crippen molar-refractivity contribution in [1.29, 1.82) is 0 Å². The minimum atomic E-state index is -3.45. The van der Waals surface area contributed by atoms with Crippen molar-refractivity contribution in [3.8, 4) is 0 Å². The maximum Gasteiger partial charge on any atom is 0.257 e. The van der Waals surface area contributed by atoms with Crippen molar-refractivity contribution >= 4 is 10.0 Å². The number of aryl methyl sites for hydroxylation is 1. The minimum Gasteiger partial charge on any atom is -0.332 e. The van der Waals surface area contributed by atoms with Crippen LogP contribution < -0.4 is 4.72 Å². The van der Waals surface area contributed by atoms with Gasteiger partial charge >= 0.3 is 0 Å². The molecule has 108 valence electrons. The van der Waals surface area contributed by atoms with Crippen molar-refractivity contribution in [2.45, 2.75) is 31.2 Å². The molecule has 0 saturated carbocycles. The summed E-state index contributed by atoms with van der Waals surface area (Å²) in [5.74, 6) is 1.08. The fourth-order valence-corrected chi connectivity index (χ4v) is 3.46. The fraction of sp³-hybridized carbons (Fsp3) is 0.750. The Morgan fingerprint density at radius 2 is 2.37 bits per heavy atom. The van der Waals surface area contributed by atoms with Gasteiger partial charge in [-0.25, -0.2) is 18.1 Å². The summed E-state index contributed by atoms with van der Waals surface area (Å²) >= 11 is 0. The average Bonchev–Trinajstić information content (AvgIpc) is 2.86. The number of aromatic amines is 1. The Labute approximate surface area is 114 Å². The predicted molar refractivity (Wildman–Crippen MR) is 73.4 cm³/mol. The van der Waals surface area contributed by atoms with Crippen molar-refractivity contribution in [2.75, 3.05) is 26.7 Å². The van der Waals surface area contributed by atoms with Gasteiger partial charge in [0.2, 0.25) is 0 Å². The molecule has 1 aliphatic rings. The number of aromatic nitrogens is 2. The third-order valence-corrected chi connectivity index (χ3v) is 4.85. The molecule has 1 aromatic heterocycles. The zero-order valence-electron chi connectivity index (χ0n) is 11.5.